The summed E-state index contributed by atoms with van der Waals surface area (Å²) in [5.41, 5.74) is 7.04. The molecule has 2 aliphatic rings. The minimum Gasteiger partial charge on any atom is -0.420 e. The molecule has 1 amide bonds. The number of H-pyrrole nitrogens is 1. The molecule has 0 saturated carbocycles. The van der Waals surface area contributed by atoms with Gasteiger partial charge in [-0.2, -0.15) is 5.26 Å². The zero-order chi connectivity index (χ0) is 16.4. The van der Waals surface area contributed by atoms with Crippen LogP contribution in [0.1, 0.15) is 16.8 Å². The van der Waals surface area contributed by atoms with Crippen molar-refractivity contribution >= 4 is 27.5 Å². The zero-order valence-electron chi connectivity index (χ0n) is 11.9. The Morgan fingerprint density at radius 1 is 1.48 bits per heavy atom. The first kappa shape index (κ1) is 13.8. The molecule has 114 valence electrons. The molecule has 3 heterocycles. The van der Waals surface area contributed by atoms with E-state index in [-0.39, 0.29) is 23.2 Å². The van der Waals surface area contributed by atoms with Crippen molar-refractivity contribution in [2.75, 3.05) is 5.32 Å². The van der Waals surface area contributed by atoms with Crippen molar-refractivity contribution in [2.24, 2.45) is 5.73 Å². The fraction of sp³-hybridized carbons (Fsp3) is 0.133. The Morgan fingerprint density at radius 3 is 3.00 bits per heavy atom. The number of aryl methyl sites for hydroxylation is 1. The Kier molecular flexibility index (Phi) is 2.63. The van der Waals surface area contributed by atoms with Gasteiger partial charge in [0, 0.05) is 21.4 Å². The maximum atomic E-state index is 13.0. The number of nitrogens with zero attached hydrogens (tertiary/aromatic N) is 2. The topological polar surface area (TPSA) is 117 Å². The summed E-state index contributed by atoms with van der Waals surface area (Å²) in [6, 6.07) is 7.45. The predicted octanol–water partition coefficient (Wildman–Crippen LogP) is 1.81. The van der Waals surface area contributed by atoms with E-state index in [1.165, 1.54) is 0 Å². The molecule has 0 radical (unpaired) electrons. The molecule has 1 atom stereocenters. The minimum absolute atomic E-state index is 0.0591. The minimum atomic E-state index is -1.36. The molecule has 1 aromatic heterocycles. The van der Waals surface area contributed by atoms with Crippen molar-refractivity contribution in [1.82, 2.24) is 10.2 Å². The van der Waals surface area contributed by atoms with Gasteiger partial charge in [-0.1, -0.05) is 15.9 Å². The lowest BCUT2D eigenvalue weighted by atomic mass is 9.69. The number of hydrogen-bond acceptors (Lipinski definition) is 5. The second-order valence-electron chi connectivity index (χ2n) is 5.38. The van der Waals surface area contributed by atoms with E-state index in [9.17, 15) is 10.1 Å². The van der Waals surface area contributed by atoms with Gasteiger partial charge in [-0.15, -0.1) is 5.10 Å². The Morgan fingerprint density at radius 2 is 2.26 bits per heavy atom. The molecule has 1 aromatic carbocycles. The number of hydrogen-bond donors (Lipinski definition) is 3. The maximum absolute atomic E-state index is 13.0. The van der Waals surface area contributed by atoms with E-state index >= 15 is 0 Å². The Hall–Kier alpha value is -2.79. The number of nitrogens with one attached hydrogen (secondary N) is 2. The summed E-state index contributed by atoms with van der Waals surface area (Å²) in [5, 5.41) is 19.4. The number of halogens is 1. The number of anilines is 1. The summed E-state index contributed by atoms with van der Waals surface area (Å²) in [7, 11) is 0. The first-order valence-corrected chi connectivity index (χ1v) is 7.54. The summed E-state index contributed by atoms with van der Waals surface area (Å²) in [4.78, 5) is 13.0. The van der Waals surface area contributed by atoms with Crippen LogP contribution in [0, 0.1) is 18.3 Å². The van der Waals surface area contributed by atoms with Crippen LogP contribution in [0.4, 0.5) is 5.69 Å². The third kappa shape index (κ3) is 1.52. The van der Waals surface area contributed by atoms with Crippen LogP contribution in [-0.4, -0.2) is 16.1 Å². The Bertz CT molecular complexity index is 955. The number of amides is 1. The molecule has 1 spiro atoms. The highest BCUT2D eigenvalue weighted by atomic mass is 79.9. The third-order valence-electron chi connectivity index (χ3n) is 4.20. The molecule has 7 nitrogen and oxygen atoms in total. The van der Waals surface area contributed by atoms with Gasteiger partial charge < -0.3 is 15.8 Å². The maximum Gasteiger partial charge on any atom is 0.245 e. The number of nitriles is 1. The third-order valence-corrected chi connectivity index (χ3v) is 4.70. The number of carbonyl (C=O) groups is 1. The second-order valence-corrected chi connectivity index (χ2v) is 6.29. The van der Waals surface area contributed by atoms with Crippen molar-refractivity contribution in [3.05, 3.63) is 50.9 Å². The van der Waals surface area contributed by atoms with Gasteiger partial charge in [-0.25, -0.2) is 0 Å². The Labute approximate surface area is 139 Å². The highest BCUT2D eigenvalue weighted by Gasteiger charge is 2.58. The number of carbonyl (C=O) groups excluding carboxylic acids is 1. The number of ether oxygens (including phenoxy) is 1. The van der Waals surface area contributed by atoms with E-state index in [0.29, 0.717) is 22.5 Å². The largest absolute Gasteiger partial charge is 0.420 e. The van der Waals surface area contributed by atoms with Crippen LogP contribution in [0.15, 0.2) is 34.1 Å². The van der Waals surface area contributed by atoms with Crippen LogP contribution in [0.3, 0.4) is 0 Å². The van der Waals surface area contributed by atoms with Gasteiger partial charge in [0.15, 0.2) is 0 Å². The second kappa shape index (κ2) is 4.36. The molecule has 4 rings (SSSR count). The molecule has 1 unspecified atom stereocenters. The molecule has 23 heavy (non-hydrogen) atoms. The number of benzene rings is 1. The van der Waals surface area contributed by atoms with Crippen molar-refractivity contribution in [3.8, 4) is 11.9 Å². The number of rotatable bonds is 0. The molecule has 0 fully saturated rings. The molecule has 2 aromatic rings. The summed E-state index contributed by atoms with van der Waals surface area (Å²) >= 11 is 3.42. The van der Waals surface area contributed by atoms with Gasteiger partial charge in [0.1, 0.15) is 17.1 Å². The summed E-state index contributed by atoms with van der Waals surface area (Å²) < 4.78 is 6.23. The first-order valence-electron chi connectivity index (χ1n) is 6.75. The standard InChI is InChI=1S/C15H10BrN5O2/c1-6-11-13(21-20-6)23-12(18)9(5-17)15(11)8-4-7(16)2-3-10(8)19-14(15)22/h2-4H,18H2,1H3,(H,19,22)(H,20,21). The molecule has 0 bridgehead atoms. The predicted molar refractivity (Wildman–Crippen MR) is 84.3 cm³/mol. The molecule has 0 aliphatic carbocycles. The van der Waals surface area contributed by atoms with Crippen LogP contribution >= 0.6 is 15.9 Å². The smallest absolute Gasteiger partial charge is 0.245 e. The van der Waals surface area contributed by atoms with Gasteiger partial charge in [-0.05, 0) is 25.1 Å². The highest BCUT2D eigenvalue weighted by molar-refractivity contribution is 9.10. The number of nitrogens with two attached hydrogens (primary N) is 1. The van der Waals surface area contributed by atoms with E-state index in [1.54, 1.807) is 19.1 Å². The summed E-state index contributed by atoms with van der Waals surface area (Å²) in [6.45, 7) is 1.77. The molecule has 2 aliphatic heterocycles. The van der Waals surface area contributed by atoms with E-state index in [0.717, 1.165) is 4.47 Å². The van der Waals surface area contributed by atoms with E-state index in [4.69, 9.17) is 10.5 Å². The molecule has 0 saturated heterocycles. The quantitative estimate of drug-likeness (QED) is 0.652. The number of aromatic amines is 1. The SMILES string of the molecule is Cc1[nH]nc2c1C1(C(=O)Nc3ccc(Br)cc31)C(C#N)=C(N)O2. The molecular weight excluding hydrogens is 362 g/mol. The summed E-state index contributed by atoms with van der Waals surface area (Å²) in [6.07, 6.45) is 0. The van der Waals surface area contributed by atoms with E-state index in [2.05, 4.69) is 31.4 Å². The average molecular weight is 372 g/mol. The molecule has 8 heteroatoms. The first-order chi connectivity index (χ1) is 11.0. The monoisotopic (exact) mass is 371 g/mol. The van der Waals surface area contributed by atoms with Crippen LogP contribution in [0.2, 0.25) is 0 Å². The van der Waals surface area contributed by atoms with Crippen molar-refractivity contribution in [3.63, 3.8) is 0 Å². The molecule has 4 N–H and O–H groups in total. The van der Waals surface area contributed by atoms with E-state index in [1.807, 2.05) is 12.1 Å². The number of fused-ring (bicyclic) bond motifs is 4. The van der Waals surface area contributed by atoms with Gasteiger partial charge in [-0.3, -0.25) is 9.89 Å². The lowest BCUT2D eigenvalue weighted by Crippen LogP contribution is -2.42. The average Bonchev–Trinajstić information content (AvgIpc) is 3.00. The Balaban J connectivity index is 2.19. The van der Waals surface area contributed by atoms with E-state index < -0.39 is 5.41 Å². The zero-order valence-corrected chi connectivity index (χ0v) is 13.5. The van der Waals surface area contributed by atoms with Crippen molar-refractivity contribution in [2.45, 2.75) is 12.3 Å². The fourth-order valence-electron chi connectivity index (χ4n) is 3.30. The van der Waals surface area contributed by atoms with Crippen molar-refractivity contribution in [1.29, 1.82) is 5.26 Å². The summed E-state index contributed by atoms with van der Waals surface area (Å²) in [5.74, 6) is -0.254. The fourth-order valence-corrected chi connectivity index (χ4v) is 3.66. The van der Waals surface area contributed by atoms with Gasteiger partial charge in [0.25, 0.3) is 0 Å². The van der Waals surface area contributed by atoms with Crippen LogP contribution in [0.25, 0.3) is 0 Å². The lowest BCUT2D eigenvalue weighted by molar-refractivity contribution is -0.118. The highest BCUT2D eigenvalue weighted by Crippen LogP contribution is 2.53. The van der Waals surface area contributed by atoms with Crippen LogP contribution in [0.5, 0.6) is 5.88 Å². The van der Waals surface area contributed by atoms with Crippen molar-refractivity contribution < 1.29 is 9.53 Å². The lowest BCUT2D eigenvalue weighted by Gasteiger charge is -2.31. The number of aromatic nitrogens is 2. The van der Waals surface area contributed by atoms with Crippen LogP contribution < -0.4 is 15.8 Å². The normalized spacial score (nSPS) is 21.5. The van der Waals surface area contributed by atoms with Gasteiger partial charge >= 0.3 is 0 Å². The van der Waals surface area contributed by atoms with Gasteiger partial charge in [0.05, 0.1) is 5.56 Å². The van der Waals surface area contributed by atoms with Gasteiger partial charge in [0.2, 0.25) is 17.7 Å². The molecular formula is C15H10BrN5O2. The van der Waals surface area contributed by atoms with Crippen LogP contribution in [-0.2, 0) is 10.2 Å².